The van der Waals surface area contributed by atoms with Crippen molar-refractivity contribution in [2.24, 2.45) is 0 Å². The standard InChI is InChI=1S/C40H61N11O19P2S2/c1-7-21-26(29(62-12-9-59-5)37(66-21)51-18-44-24-33(51)47-38(43)48-34(24)53)69-72(57,74)65-17-23-27(30(63-13-10-60-6)36(68-23)50-15-20(3)32(42)46-40(50)55)70-71(56,73)64-16-22-25(52)28(61-11-8-58-4)35(67-22)49-14-19(2)31(41)45-39(49)54/h14-15,18,21-23,25-30,35-37,52H,7-13,16-17H2,1-6H3,(H,56,73)(H,57,74)(H2,41,45,54)(H2,42,46,55)(H3,43,47,48,53)/t21-,22-,23-,25+,26+,27+,28?,29?,30?,35-,36-,37-,71?,72?/m1/s1. The second kappa shape index (κ2) is 25.1. The van der Waals surface area contributed by atoms with Gasteiger partial charge in [-0.1, -0.05) is 6.92 Å². The number of imidazole rings is 1. The molecule has 0 saturated carbocycles. The van der Waals surface area contributed by atoms with Gasteiger partial charge >= 0.3 is 24.8 Å². The second-order valence-corrected chi connectivity index (χ2v) is 22.6. The molecule has 30 nitrogen and oxygen atoms in total. The number of H-pyrrole nitrogens is 1. The minimum Gasteiger partial charge on any atom is -0.387 e. The number of aliphatic hydroxyl groups is 1. The molecule has 0 bridgehead atoms. The van der Waals surface area contributed by atoms with Crippen LogP contribution in [0.1, 0.15) is 43.2 Å². The predicted molar refractivity (Wildman–Crippen MR) is 265 cm³/mol. The van der Waals surface area contributed by atoms with E-state index in [-0.39, 0.29) is 68.4 Å². The fraction of sp³-hybridized carbons (Fsp3) is 0.675. The Morgan fingerprint density at radius 2 is 1.11 bits per heavy atom. The van der Waals surface area contributed by atoms with Crippen LogP contribution in [0.15, 0.2) is 33.1 Å². The largest absolute Gasteiger partial charge is 0.387 e. The summed E-state index contributed by atoms with van der Waals surface area (Å²) in [6.07, 6.45) is -10.4. The number of methoxy groups -OCH3 is 3. The topological polar surface area (TPSA) is 392 Å². The Morgan fingerprint density at radius 3 is 1.62 bits per heavy atom. The number of nitrogens with zero attached hydrogens (tertiary/aromatic N) is 7. The highest BCUT2D eigenvalue weighted by atomic mass is 32.5. The van der Waals surface area contributed by atoms with Crippen molar-refractivity contribution >= 4 is 65.8 Å². The summed E-state index contributed by atoms with van der Waals surface area (Å²) in [7, 11) is 4.37. The van der Waals surface area contributed by atoms with E-state index in [1.54, 1.807) is 20.8 Å². The molecule has 14 atom stereocenters. The molecule has 34 heteroatoms. The first-order valence-corrected chi connectivity index (χ1v) is 28.1. The quantitative estimate of drug-likeness (QED) is 0.0287. The number of nitrogens with two attached hydrogens (primary N) is 3. The molecule has 0 aromatic carbocycles. The Morgan fingerprint density at radius 1 is 0.662 bits per heavy atom. The fourth-order valence-electron chi connectivity index (χ4n) is 8.35. The van der Waals surface area contributed by atoms with E-state index >= 15 is 0 Å². The maximum absolute atomic E-state index is 13.5. The summed E-state index contributed by atoms with van der Waals surface area (Å²) in [5, 5.41) is 11.5. The van der Waals surface area contributed by atoms with Gasteiger partial charge in [-0.3, -0.25) is 32.5 Å². The Labute approximate surface area is 432 Å². The molecule has 3 fully saturated rings. The number of ether oxygens (including phenoxy) is 9. The van der Waals surface area contributed by atoms with E-state index in [9.17, 15) is 29.3 Å². The van der Waals surface area contributed by atoms with Gasteiger partial charge in [-0.15, -0.1) is 0 Å². The third-order valence-electron chi connectivity index (χ3n) is 12.0. The summed E-state index contributed by atoms with van der Waals surface area (Å²) in [6, 6.07) is 0. The number of aromatic amines is 1. The van der Waals surface area contributed by atoms with Gasteiger partial charge in [0, 0.05) is 44.8 Å². The molecule has 5 unspecified atom stereocenters. The van der Waals surface area contributed by atoms with Gasteiger partial charge in [0.1, 0.15) is 60.5 Å². The van der Waals surface area contributed by atoms with E-state index in [0.717, 1.165) is 9.13 Å². The Hall–Kier alpha value is -3.83. The predicted octanol–water partition coefficient (Wildman–Crippen LogP) is -1.21. The molecule has 7 rings (SSSR count). The van der Waals surface area contributed by atoms with Crippen molar-refractivity contribution in [2.75, 3.05) is 91.4 Å². The van der Waals surface area contributed by atoms with E-state index in [1.807, 2.05) is 0 Å². The van der Waals surface area contributed by atoms with E-state index in [4.69, 9.17) is 102 Å². The van der Waals surface area contributed by atoms with Crippen LogP contribution in [0.2, 0.25) is 0 Å². The van der Waals surface area contributed by atoms with Gasteiger partial charge < -0.3 is 83.8 Å². The SMILES string of the molecule is CC[C@H]1O[C@@H](n2cnc3c(=O)[nH]c(N)nc32)C(OCCOC)[C@H]1OP(O)(=S)OC[C@H]1O[C@@H](n2cc(C)c(N)nc2=O)C(OCCOC)[C@H]1OP(O)(=S)OC[C@H]1O[C@@H](n2cc(C)c(N)nc2=O)C(OCCOC)[C@H]1O. The molecule has 4 aromatic rings. The number of aromatic nitrogens is 8. The van der Waals surface area contributed by atoms with Crippen molar-refractivity contribution in [3.05, 3.63) is 61.2 Å². The van der Waals surface area contributed by atoms with Crippen LogP contribution in [0.3, 0.4) is 0 Å². The van der Waals surface area contributed by atoms with Crippen LogP contribution in [0.5, 0.6) is 0 Å². The normalized spacial score (nSPS) is 28.8. The van der Waals surface area contributed by atoms with E-state index < -0.39 is 117 Å². The average Bonchev–Trinajstić information content (AvgIpc) is 4.09. The first-order chi connectivity index (χ1) is 35.2. The van der Waals surface area contributed by atoms with E-state index in [1.165, 1.54) is 44.6 Å². The number of aryl methyl sites for hydroxylation is 2. The maximum Gasteiger partial charge on any atom is 0.351 e. The van der Waals surface area contributed by atoms with Gasteiger partial charge in [-0.25, -0.2) is 14.6 Å². The Kier molecular flexibility index (Phi) is 19.6. The fourth-order valence-corrected chi connectivity index (χ4v) is 11.2. The molecule has 3 saturated heterocycles. The van der Waals surface area contributed by atoms with Crippen LogP contribution in [0.25, 0.3) is 11.2 Å². The van der Waals surface area contributed by atoms with Crippen molar-refractivity contribution in [3.63, 3.8) is 0 Å². The van der Waals surface area contributed by atoms with Gasteiger partial charge in [-0.2, -0.15) is 15.0 Å². The third kappa shape index (κ3) is 13.3. The summed E-state index contributed by atoms with van der Waals surface area (Å²) in [5.41, 5.74) is 16.4. The highest BCUT2D eigenvalue weighted by Gasteiger charge is 2.53. The second-order valence-electron chi connectivity index (χ2n) is 17.0. The molecule has 0 radical (unpaired) electrons. The summed E-state index contributed by atoms with van der Waals surface area (Å²) < 4.78 is 80.7. The summed E-state index contributed by atoms with van der Waals surface area (Å²) >= 11 is 11.2. The molecular weight excluding hydrogens is 1060 g/mol. The van der Waals surface area contributed by atoms with Crippen LogP contribution >= 0.6 is 13.4 Å². The highest BCUT2D eigenvalue weighted by molar-refractivity contribution is 8.07. The highest BCUT2D eigenvalue weighted by Crippen LogP contribution is 2.53. The lowest BCUT2D eigenvalue weighted by atomic mass is 10.1. The molecule has 0 spiro atoms. The van der Waals surface area contributed by atoms with Crippen LogP contribution in [0, 0.1) is 13.8 Å². The van der Waals surface area contributed by atoms with Crippen molar-refractivity contribution in [1.29, 1.82) is 0 Å². The minimum atomic E-state index is -4.50. The third-order valence-corrected chi connectivity index (χ3v) is 15.1. The molecule has 3 aliphatic heterocycles. The van der Waals surface area contributed by atoms with Crippen molar-refractivity contribution in [3.8, 4) is 0 Å². The van der Waals surface area contributed by atoms with E-state index in [2.05, 4.69) is 24.9 Å². The minimum absolute atomic E-state index is 0.00470. The zero-order valence-electron chi connectivity index (χ0n) is 41.0. The zero-order valence-corrected chi connectivity index (χ0v) is 44.4. The molecular formula is C40H61N11O19P2S2. The van der Waals surface area contributed by atoms with Crippen molar-refractivity contribution in [2.45, 2.75) is 101 Å². The van der Waals surface area contributed by atoms with Crippen molar-refractivity contribution < 1.29 is 75.6 Å². The van der Waals surface area contributed by atoms with Gasteiger partial charge in [0.15, 0.2) is 29.8 Å². The molecule has 7 heterocycles. The Balaban J connectivity index is 1.15. The molecule has 10 N–H and O–H groups in total. The van der Waals surface area contributed by atoms with E-state index in [0.29, 0.717) is 17.5 Å². The number of rotatable bonds is 26. The summed E-state index contributed by atoms with van der Waals surface area (Å²) in [4.78, 5) is 81.5. The number of aliphatic hydroxyl groups excluding tert-OH is 1. The van der Waals surface area contributed by atoms with Gasteiger partial charge in [0.25, 0.3) is 5.56 Å². The van der Waals surface area contributed by atoms with Crippen LogP contribution < -0.4 is 34.1 Å². The number of nitrogen functional groups attached to an aromatic ring is 3. The van der Waals surface area contributed by atoms with Gasteiger partial charge in [0.2, 0.25) is 5.95 Å². The lowest BCUT2D eigenvalue weighted by Gasteiger charge is -2.30. The molecule has 412 valence electrons. The number of fused-ring (bicyclic) bond motifs is 1. The lowest BCUT2D eigenvalue weighted by molar-refractivity contribution is -0.0836. The maximum atomic E-state index is 13.5. The molecule has 74 heavy (non-hydrogen) atoms. The van der Waals surface area contributed by atoms with Gasteiger partial charge in [0.05, 0.1) is 65.3 Å². The first-order valence-electron chi connectivity index (χ1n) is 22.9. The molecule has 0 aliphatic carbocycles. The summed E-state index contributed by atoms with van der Waals surface area (Å²) in [6.45, 7) is -4.89. The molecule has 4 aromatic heterocycles. The van der Waals surface area contributed by atoms with Crippen LogP contribution in [0.4, 0.5) is 17.6 Å². The van der Waals surface area contributed by atoms with Crippen LogP contribution in [-0.4, -0.2) is 183 Å². The first kappa shape index (κ1) is 57.9. The average molecular weight is 1130 g/mol. The summed E-state index contributed by atoms with van der Waals surface area (Å²) in [5.74, 6) is -0.226. The monoisotopic (exact) mass is 1130 g/mol. The lowest BCUT2D eigenvalue weighted by Crippen LogP contribution is -2.41. The Bertz CT molecular complexity index is 2850. The molecule has 0 amide bonds. The number of anilines is 3. The number of nitrogens with one attached hydrogen (secondary N) is 1. The van der Waals surface area contributed by atoms with Gasteiger partial charge in [-0.05, 0) is 43.9 Å². The molecule has 3 aliphatic rings. The number of hydrogen-bond donors (Lipinski definition) is 7. The van der Waals surface area contributed by atoms with Crippen molar-refractivity contribution in [1.82, 2.24) is 38.6 Å². The zero-order chi connectivity index (χ0) is 53.6. The smallest absolute Gasteiger partial charge is 0.351 e. The van der Waals surface area contributed by atoms with Crippen LogP contribution in [-0.2, 0) is 84.3 Å². The number of hydrogen-bond acceptors (Lipinski definition) is 26.